The summed E-state index contributed by atoms with van der Waals surface area (Å²) in [7, 11) is 1.22. The molecule has 6 heteroatoms. The van der Waals surface area contributed by atoms with E-state index in [0.29, 0.717) is 5.33 Å². The number of rotatable bonds is 4. The van der Waals surface area contributed by atoms with E-state index in [2.05, 4.69) is 26.0 Å². The molecule has 0 bridgehead atoms. The predicted molar refractivity (Wildman–Crippen MR) is 64.8 cm³/mol. The van der Waals surface area contributed by atoms with Crippen LogP contribution in [0.1, 0.15) is 16.8 Å². The van der Waals surface area contributed by atoms with E-state index in [1.807, 2.05) is 0 Å². The van der Waals surface area contributed by atoms with Gasteiger partial charge in [0.2, 0.25) is 5.91 Å². The molecule has 0 saturated heterocycles. The average Bonchev–Trinajstić information content (AvgIpc) is 2.28. The molecule has 92 valence electrons. The van der Waals surface area contributed by atoms with Crippen LogP contribution in [0.3, 0.4) is 0 Å². The Bertz CT molecular complexity index is 437. The van der Waals surface area contributed by atoms with Crippen molar-refractivity contribution >= 4 is 33.5 Å². The minimum Gasteiger partial charge on any atom is -0.465 e. The predicted octanol–water partition coefficient (Wildman–Crippen LogP) is 2.34. The molecule has 4 nitrogen and oxygen atoms in total. The molecule has 1 N–H and O–H groups in total. The van der Waals surface area contributed by atoms with Crippen LogP contribution in [0, 0.1) is 5.82 Å². The molecule has 1 aromatic carbocycles. The van der Waals surface area contributed by atoms with Crippen molar-refractivity contribution in [3.8, 4) is 0 Å². The number of alkyl halides is 1. The van der Waals surface area contributed by atoms with E-state index in [0.717, 1.165) is 12.1 Å². The van der Waals surface area contributed by atoms with Gasteiger partial charge >= 0.3 is 5.97 Å². The lowest BCUT2D eigenvalue weighted by Gasteiger charge is -2.09. The zero-order valence-corrected chi connectivity index (χ0v) is 10.7. The minimum absolute atomic E-state index is 0.114. The Kier molecular flexibility index (Phi) is 5.09. The maximum atomic E-state index is 13.0. The van der Waals surface area contributed by atoms with E-state index in [-0.39, 0.29) is 23.6 Å². The minimum atomic E-state index is -0.626. The van der Waals surface area contributed by atoms with Crippen molar-refractivity contribution < 1.29 is 18.7 Å². The van der Waals surface area contributed by atoms with Crippen molar-refractivity contribution in [1.29, 1.82) is 0 Å². The van der Waals surface area contributed by atoms with Gasteiger partial charge in [-0.05, 0) is 18.2 Å². The van der Waals surface area contributed by atoms with Gasteiger partial charge in [-0.3, -0.25) is 4.79 Å². The molecule has 0 unspecified atom stereocenters. The standard InChI is InChI=1S/C11H11BrFNO3/c1-17-11(16)8-3-2-7(13)6-9(8)14-10(15)4-5-12/h2-3,6H,4-5H2,1H3,(H,14,15). The molecule has 0 aliphatic heterocycles. The lowest BCUT2D eigenvalue weighted by atomic mass is 10.1. The molecule has 0 aliphatic carbocycles. The van der Waals surface area contributed by atoms with E-state index in [1.54, 1.807) is 0 Å². The molecule has 0 radical (unpaired) electrons. The summed E-state index contributed by atoms with van der Waals surface area (Å²) < 4.78 is 17.6. The molecule has 0 heterocycles. The molecule has 1 rings (SSSR count). The number of amides is 1. The Balaban J connectivity index is 2.99. The molecule has 0 fully saturated rings. The zero-order chi connectivity index (χ0) is 12.8. The first-order valence-electron chi connectivity index (χ1n) is 4.82. The van der Waals surface area contributed by atoms with Crippen LogP contribution in [0.15, 0.2) is 18.2 Å². The molecule has 0 aromatic heterocycles. The summed E-state index contributed by atoms with van der Waals surface area (Å²) in [5.74, 6) is -1.47. The zero-order valence-electron chi connectivity index (χ0n) is 9.13. The van der Waals surface area contributed by atoms with Gasteiger partial charge in [-0.15, -0.1) is 0 Å². The Morgan fingerprint density at radius 2 is 2.18 bits per heavy atom. The first-order chi connectivity index (χ1) is 8.08. The van der Waals surface area contributed by atoms with Crippen molar-refractivity contribution in [3.05, 3.63) is 29.6 Å². The summed E-state index contributed by atoms with van der Waals surface area (Å²) in [6.45, 7) is 0. The Labute approximate surface area is 106 Å². The van der Waals surface area contributed by atoms with Crippen LogP contribution in [0.25, 0.3) is 0 Å². The Morgan fingerprint density at radius 3 is 2.76 bits per heavy atom. The third kappa shape index (κ3) is 3.81. The van der Waals surface area contributed by atoms with Gasteiger partial charge in [0.25, 0.3) is 0 Å². The van der Waals surface area contributed by atoms with Crippen LogP contribution >= 0.6 is 15.9 Å². The van der Waals surface area contributed by atoms with Gasteiger partial charge in [-0.2, -0.15) is 0 Å². The summed E-state index contributed by atoms with van der Waals surface area (Å²) >= 11 is 3.11. The Morgan fingerprint density at radius 1 is 1.47 bits per heavy atom. The van der Waals surface area contributed by atoms with Gasteiger partial charge in [0.1, 0.15) is 5.82 Å². The molecule has 0 atom stereocenters. The van der Waals surface area contributed by atoms with Crippen LogP contribution in [-0.4, -0.2) is 24.3 Å². The van der Waals surface area contributed by atoms with E-state index in [4.69, 9.17) is 0 Å². The highest BCUT2D eigenvalue weighted by molar-refractivity contribution is 9.09. The van der Waals surface area contributed by atoms with Crippen molar-refractivity contribution in [2.75, 3.05) is 17.8 Å². The summed E-state index contributed by atoms with van der Waals surface area (Å²) in [4.78, 5) is 22.8. The second kappa shape index (κ2) is 6.34. The maximum absolute atomic E-state index is 13.0. The molecular formula is C11H11BrFNO3. The molecule has 0 aliphatic rings. The summed E-state index contributed by atoms with van der Waals surface area (Å²) in [6.07, 6.45) is 0.233. The van der Waals surface area contributed by atoms with Gasteiger partial charge in [-0.25, -0.2) is 9.18 Å². The molecule has 17 heavy (non-hydrogen) atoms. The summed E-state index contributed by atoms with van der Waals surface area (Å²) in [6, 6.07) is 3.48. The number of hydrogen-bond donors (Lipinski definition) is 1. The number of methoxy groups -OCH3 is 1. The molecular weight excluding hydrogens is 293 g/mol. The van der Waals surface area contributed by atoms with E-state index >= 15 is 0 Å². The third-order valence-electron chi connectivity index (χ3n) is 1.98. The van der Waals surface area contributed by atoms with E-state index in [9.17, 15) is 14.0 Å². The average molecular weight is 304 g/mol. The van der Waals surface area contributed by atoms with Crippen molar-refractivity contribution in [2.24, 2.45) is 0 Å². The number of halogens is 2. The number of carbonyl (C=O) groups is 2. The van der Waals surface area contributed by atoms with Gasteiger partial charge in [0, 0.05) is 11.8 Å². The maximum Gasteiger partial charge on any atom is 0.339 e. The smallest absolute Gasteiger partial charge is 0.339 e. The van der Waals surface area contributed by atoms with Gasteiger partial charge in [0.15, 0.2) is 0 Å². The van der Waals surface area contributed by atoms with Crippen LogP contribution in [0.5, 0.6) is 0 Å². The quantitative estimate of drug-likeness (QED) is 0.686. The number of benzene rings is 1. The van der Waals surface area contributed by atoms with Crippen molar-refractivity contribution in [3.63, 3.8) is 0 Å². The van der Waals surface area contributed by atoms with Crippen LogP contribution in [0.4, 0.5) is 10.1 Å². The first-order valence-corrected chi connectivity index (χ1v) is 5.94. The highest BCUT2D eigenvalue weighted by Crippen LogP contribution is 2.18. The number of anilines is 1. The lowest BCUT2D eigenvalue weighted by Crippen LogP contribution is -2.15. The van der Waals surface area contributed by atoms with Gasteiger partial charge < -0.3 is 10.1 Å². The van der Waals surface area contributed by atoms with Gasteiger partial charge in [0.05, 0.1) is 18.4 Å². The topological polar surface area (TPSA) is 55.4 Å². The van der Waals surface area contributed by atoms with Crippen LogP contribution < -0.4 is 5.32 Å². The number of carbonyl (C=O) groups excluding carboxylic acids is 2. The Hall–Kier alpha value is -1.43. The molecule has 0 spiro atoms. The number of esters is 1. The monoisotopic (exact) mass is 303 g/mol. The van der Waals surface area contributed by atoms with Crippen LogP contribution in [0.2, 0.25) is 0 Å². The summed E-state index contributed by atoms with van der Waals surface area (Å²) in [5.41, 5.74) is 0.236. The summed E-state index contributed by atoms with van der Waals surface area (Å²) in [5, 5.41) is 2.95. The fraction of sp³-hybridized carbons (Fsp3) is 0.273. The second-order valence-corrected chi connectivity index (χ2v) is 3.96. The molecule has 1 amide bonds. The molecule has 1 aromatic rings. The van der Waals surface area contributed by atoms with E-state index in [1.165, 1.54) is 13.2 Å². The normalized spacial score (nSPS) is 9.82. The van der Waals surface area contributed by atoms with Gasteiger partial charge in [-0.1, -0.05) is 15.9 Å². The number of ether oxygens (including phenoxy) is 1. The number of hydrogen-bond acceptors (Lipinski definition) is 3. The van der Waals surface area contributed by atoms with Crippen LogP contribution in [-0.2, 0) is 9.53 Å². The fourth-order valence-electron chi connectivity index (χ4n) is 1.21. The highest BCUT2D eigenvalue weighted by Gasteiger charge is 2.14. The second-order valence-electron chi connectivity index (χ2n) is 3.17. The number of nitrogens with one attached hydrogen (secondary N) is 1. The lowest BCUT2D eigenvalue weighted by molar-refractivity contribution is -0.115. The first kappa shape index (κ1) is 13.6. The largest absolute Gasteiger partial charge is 0.465 e. The molecule has 0 saturated carbocycles. The SMILES string of the molecule is COC(=O)c1ccc(F)cc1NC(=O)CCBr. The van der Waals surface area contributed by atoms with E-state index < -0.39 is 11.8 Å². The fourth-order valence-corrected chi connectivity index (χ4v) is 1.57. The van der Waals surface area contributed by atoms with Crippen molar-refractivity contribution in [2.45, 2.75) is 6.42 Å². The highest BCUT2D eigenvalue weighted by atomic mass is 79.9. The van der Waals surface area contributed by atoms with Crippen molar-refractivity contribution in [1.82, 2.24) is 0 Å². The third-order valence-corrected chi connectivity index (χ3v) is 2.38.